The first-order valence-electron chi connectivity index (χ1n) is 9.14. The zero-order valence-corrected chi connectivity index (χ0v) is 14.3. The second-order valence-electron chi connectivity index (χ2n) is 7.06. The molecule has 0 radical (unpaired) electrons. The van der Waals surface area contributed by atoms with Crippen LogP contribution in [0.15, 0.2) is 31.0 Å². The van der Waals surface area contributed by atoms with Crippen molar-refractivity contribution in [3.05, 3.63) is 36.5 Å². The van der Waals surface area contributed by atoms with E-state index in [2.05, 4.69) is 25.7 Å². The van der Waals surface area contributed by atoms with Gasteiger partial charge in [0.05, 0.1) is 0 Å². The summed E-state index contributed by atoms with van der Waals surface area (Å²) in [5, 5.41) is 10.2. The summed E-state index contributed by atoms with van der Waals surface area (Å²) in [7, 11) is 0. The number of rotatable bonds is 5. The molecule has 25 heavy (non-hydrogen) atoms. The van der Waals surface area contributed by atoms with E-state index in [1.165, 1.54) is 38.4 Å². The van der Waals surface area contributed by atoms with Crippen LogP contribution in [0.25, 0.3) is 5.82 Å². The van der Waals surface area contributed by atoms with E-state index in [4.69, 9.17) is 0 Å². The molecule has 0 aliphatic heterocycles. The molecule has 2 heterocycles. The molecular weight excluding hydrogens is 316 g/mol. The number of aromatic nitrogens is 4. The van der Waals surface area contributed by atoms with Crippen LogP contribution in [0.5, 0.6) is 0 Å². The van der Waals surface area contributed by atoms with E-state index in [9.17, 15) is 4.79 Å². The number of carbonyl (C=O) groups excluding carboxylic acids is 1. The van der Waals surface area contributed by atoms with Crippen molar-refractivity contribution in [1.82, 2.24) is 30.4 Å². The van der Waals surface area contributed by atoms with Gasteiger partial charge in [-0.3, -0.25) is 0 Å². The fourth-order valence-electron chi connectivity index (χ4n) is 3.95. The van der Waals surface area contributed by atoms with Crippen molar-refractivity contribution >= 4 is 6.03 Å². The van der Waals surface area contributed by atoms with E-state index in [-0.39, 0.29) is 6.03 Å². The molecule has 2 saturated carbocycles. The topological polar surface area (TPSA) is 84.7 Å². The predicted octanol–water partition coefficient (Wildman–Crippen LogP) is 2.43. The molecule has 0 aromatic carbocycles. The normalized spacial score (nSPS) is 23.2. The summed E-state index contributed by atoms with van der Waals surface area (Å²) in [4.78, 5) is 20.5. The fraction of sp³-hybridized carbons (Fsp3) is 0.556. The lowest BCUT2D eigenvalue weighted by molar-refractivity contribution is 0.237. The number of pyridine rings is 1. The Kier molecular flexibility index (Phi) is 4.63. The first-order valence-corrected chi connectivity index (χ1v) is 9.14. The highest BCUT2D eigenvalue weighted by atomic mass is 16.2. The van der Waals surface area contributed by atoms with Crippen LogP contribution in [0.3, 0.4) is 0 Å². The molecule has 2 aromatic heterocycles. The van der Waals surface area contributed by atoms with Crippen LogP contribution in [0.4, 0.5) is 4.79 Å². The van der Waals surface area contributed by atoms with E-state index in [0.29, 0.717) is 24.3 Å². The third-order valence-corrected chi connectivity index (χ3v) is 5.35. The quantitative estimate of drug-likeness (QED) is 0.875. The van der Waals surface area contributed by atoms with Crippen LogP contribution in [0.1, 0.15) is 44.1 Å². The summed E-state index contributed by atoms with van der Waals surface area (Å²) in [5.41, 5.74) is 0.905. The summed E-state index contributed by atoms with van der Waals surface area (Å²) in [6.07, 6.45) is 12.7. The average Bonchev–Trinajstić information content (AvgIpc) is 3.19. The summed E-state index contributed by atoms with van der Waals surface area (Å²) in [6, 6.07) is 4.05. The van der Waals surface area contributed by atoms with Crippen molar-refractivity contribution in [3.8, 4) is 5.82 Å². The Balaban J connectivity index is 1.29. The lowest BCUT2D eigenvalue weighted by atomic mass is 9.85. The lowest BCUT2D eigenvalue weighted by Gasteiger charge is -2.21. The lowest BCUT2D eigenvalue weighted by Crippen LogP contribution is -2.37. The van der Waals surface area contributed by atoms with Gasteiger partial charge in [0, 0.05) is 24.3 Å². The molecule has 2 amide bonds. The number of carbonyl (C=O) groups is 1. The zero-order valence-electron chi connectivity index (χ0n) is 14.3. The highest BCUT2D eigenvalue weighted by Gasteiger charge is 2.43. The maximum absolute atomic E-state index is 12.2. The highest BCUT2D eigenvalue weighted by molar-refractivity contribution is 5.74. The van der Waals surface area contributed by atoms with Crippen molar-refractivity contribution in [2.45, 2.75) is 51.1 Å². The highest BCUT2D eigenvalue weighted by Crippen LogP contribution is 2.44. The van der Waals surface area contributed by atoms with Gasteiger partial charge in [0.1, 0.15) is 12.7 Å². The van der Waals surface area contributed by atoms with E-state index in [0.717, 1.165) is 17.9 Å². The van der Waals surface area contributed by atoms with Gasteiger partial charge >= 0.3 is 6.03 Å². The van der Waals surface area contributed by atoms with E-state index < -0.39 is 0 Å². The predicted molar refractivity (Wildman–Crippen MR) is 93.0 cm³/mol. The molecule has 132 valence electrons. The van der Waals surface area contributed by atoms with Crippen LogP contribution in [0, 0.1) is 11.8 Å². The smallest absolute Gasteiger partial charge is 0.315 e. The molecular formula is C18H24N6O. The minimum Gasteiger partial charge on any atom is -0.335 e. The molecule has 0 unspecified atom stereocenters. The number of urea groups is 1. The number of hydrogen-bond donors (Lipinski definition) is 2. The summed E-state index contributed by atoms with van der Waals surface area (Å²) >= 11 is 0. The number of nitrogens with one attached hydrogen (secondary N) is 2. The van der Waals surface area contributed by atoms with Gasteiger partial charge in [0.25, 0.3) is 0 Å². The van der Waals surface area contributed by atoms with Gasteiger partial charge in [-0.15, -0.1) is 0 Å². The van der Waals surface area contributed by atoms with Crippen molar-refractivity contribution in [2.24, 2.45) is 11.8 Å². The third-order valence-electron chi connectivity index (χ3n) is 5.35. The molecule has 2 N–H and O–H groups in total. The third kappa shape index (κ3) is 3.81. The average molecular weight is 340 g/mol. The van der Waals surface area contributed by atoms with Gasteiger partial charge < -0.3 is 10.6 Å². The Morgan fingerprint density at radius 1 is 1.28 bits per heavy atom. The van der Waals surface area contributed by atoms with Crippen LogP contribution in [0.2, 0.25) is 0 Å². The van der Waals surface area contributed by atoms with Gasteiger partial charge in [0.2, 0.25) is 0 Å². The Morgan fingerprint density at radius 3 is 2.96 bits per heavy atom. The Bertz CT molecular complexity index is 710. The monoisotopic (exact) mass is 340 g/mol. The van der Waals surface area contributed by atoms with Crippen LogP contribution >= 0.6 is 0 Å². The minimum absolute atomic E-state index is 0.100. The first kappa shape index (κ1) is 16.1. The molecule has 2 aliphatic rings. The van der Waals surface area contributed by atoms with Crippen molar-refractivity contribution < 1.29 is 4.79 Å². The van der Waals surface area contributed by atoms with E-state index >= 15 is 0 Å². The summed E-state index contributed by atoms with van der Waals surface area (Å²) < 4.78 is 1.61. The van der Waals surface area contributed by atoms with Gasteiger partial charge in [-0.2, -0.15) is 5.10 Å². The Morgan fingerprint density at radius 2 is 2.16 bits per heavy atom. The Hall–Kier alpha value is -2.44. The minimum atomic E-state index is -0.100. The summed E-state index contributed by atoms with van der Waals surface area (Å²) in [6.45, 7) is 0.412. The standard InChI is InChI=1S/C18H24N6O/c25-18(23-16-9-15(16)13-5-2-1-3-6-13)21-10-14-7-4-8-20-17(14)24-12-19-11-22-24/h4,7-8,11-13,15-16H,1-3,5-6,9-10H2,(H2,21,23,25)/t15-,16+/m0/s1. The first-order chi connectivity index (χ1) is 12.3. The number of nitrogens with zero attached hydrogens (tertiary/aromatic N) is 4. The molecule has 7 heteroatoms. The van der Waals surface area contributed by atoms with E-state index in [1.54, 1.807) is 17.2 Å². The summed E-state index contributed by atoms with van der Waals surface area (Å²) in [5.74, 6) is 2.19. The van der Waals surface area contributed by atoms with Crippen molar-refractivity contribution in [1.29, 1.82) is 0 Å². The van der Waals surface area contributed by atoms with E-state index in [1.807, 2.05) is 12.1 Å². The van der Waals surface area contributed by atoms with Crippen LogP contribution in [-0.4, -0.2) is 31.8 Å². The molecule has 2 atom stereocenters. The number of hydrogen-bond acceptors (Lipinski definition) is 4. The van der Waals surface area contributed by atoms with Crippen LogP contribution < -0.4 is 10.6 Å². The molecule has 2 aliphatic carbocycles. The maximum Gasteiger partial charge on any atom is 0.315 e. The van der Waals surface area contributed by atoms with Gasteiger partial charge in [0.15, 0.2) is 5.82 Å². The molecule has 0 spiro atoms. The van der Waals surface area contributed by atoms with Crippen molar-refractivity contribution in [2.75, 3.05) is 0 Å². The molecule has 0 bridgehead atoms. The molecule has 2 fully saturated rings. The zero-order chi connectivity index (χ0) is 17.1. The van der Waals surface area contributed by atoms with Gasteiger partial charge in [-0.1, -0.05) is 38.2 Å². The fourth-order valence-corrected chi connectivity index (χ4v) is 3.95. The molecule has 2 aromatic rings. The van der Waals surface area contributed by atoms with Gasteiger partial charge in [-0.05, 0) is 24.3 Å². The molecule has 0 saturated heterocycles. The molecule has 4 rings (SSSR count). The second kappa shape index (κ2) is 7.21. The van der Waals surface area contributed by atoms with Crippen LogP contribution in [-0.2, 0) is 6.54 Å². The van der Waals surface area contributed by atoms with Gasteiger partial charge in [-0.25, -0.2) is 19.4 Å². The molecule has 7 nitrogen and oxygen atoms in total. The Labute approximate surface area is 147 Å². The van der Waals surface area contributed by atoms with Crippen molar-refractivity contribution in [3.63, 3.8) is 0 Å². The second-order valence-corrected chi connectivity index (χ2v) is 7.06. The SMILES string of the molecule is O=C(NCc1cccnc1-n1cncn1)N[C@@H]1C[C@H]1C1CCCCC1. The maximum atomic E-state index is 12.2. The largest absolute Gasteiger partial charge is 0.335 e. The number of amides is 2.